The van der Waals surface area contributed by atoms with Crippen LogP contribution < -0.4 is 5.32 Å². The SMILES string of the molecule is CCn1c(C2Cc3ccccc3C2)nnc1[C@H](C)CC(=O)Nc1cccc2ccccc12. The lowest BCUT2D eigenvalue weighted by Gasteiger charge is -2.16. The molecule has 0 unspecified atom stereocenters. The molecule has 5 nitrogen and oxygen atoms in total. The van der Waals surface area contributed by atoms with Crippen LogP contribution in [-0.4, -0.2) is 20.7 Å². The Hall–Kier alpha value is -3.47. The molecule has 1 amide bonds. The van der Waals surface area contributed by atoms with Gasteiger partial charge in [0.05, 0.1) is 0 Å². The summed E-state index contributed by atoms with van der Waals surface area (Å²) in [5.41, 5.74) is 3.67. The molecule has 0 radical (unpaired) electrons. The van der Waals surface area contributed by atoms with Crippen molar-refractivity contribution in [3.05, 3.63) is 89.5 Å². The number of carbonyl (C=O) groups excluding carboxylic acids is 1. The van der Waals surface area contributed by atoms with Crippen LogP contribution in [0.3, 0.4) is 0 Å². The molecule has 0 spiro atoms. The molecular weight excluding hydrogens is 396 g/mol. The van der Waals surface area contributed by atoms with Crippen molar-refractivity contribution in [3.8, 4) is 0 Å². The molecule has 0 saturated heterocycles. The molecule has 162 valence electrons. The third-order valence-corrected chi connectivity index (χ3v) is 6.54. The van der Waals surface area contributed by atoms with Crippen LogP contribution in [0.4, 0.5) is 5.69 Å². The van der Waals surface area contributed by atoms with E-state index in [4.69, 9.17) is 0 Å². The summed E-state index contributed by atoms with van der Waals surface area (Å²) in [6.45, 7) is 4.99. The van der Waals surface area contributed by atoms with Crippen LogP contribution in [0.25, 0.3) is 10.8 Å². The monoisotopic (exact) mass is 424 g/mol. The molecule has 1 aromatic heterocycles. The fraction of sp³-hybridized carbons (Fsp3) is 0.296. The summed E-state index contributed by atoms with van der Waals surface area (Å²) in [5.74, 6) is 2.26. The molecule has 0 fully saturated rings. The van der Waals surface area contributed by atoms with Gasteiger partial charge in [-0.2, -0.15) is 0 Å². The zero-order valence-corrected chi connectivity index (χ0v) is 18.6. The molecule has 0 bridgehead atoms. The molecule has 0 aliphatic heterocycles. The van der Waals surface area contributed by atoms with Crippen LogP contribution in [0.2, 0.25) is 0 Å². The maximum absolute atomic E-state index is 12.9. The summed E-state index contributed by atoms with van der Waals surface area (Å²) in [6.07, 6.45) is 2.38. The van der Waals surface area contributed by atoms with Crippen LogP contribution in [0, 0.1) is 0 Å². The first kappa shape index (κ1) is 20.4. The van der Waals surface area contributed by atoms with Gasteiger partial charge in [-0.3, -0.25) is 4.79 Å². The second-order valence-corrected chi connectivity index (χ2v) is 8.71. The minimum absolute atomic E-state index is 0.00525. The largest absolute Gasteiger partial charge is 0.325 e. The van der Waals surface area contributed by atoms with Crippen molar-refractivity contribution in [2.75, 3.05) is 5.32 Å². The molecule has 1 aliphatic carbocycles. The standard InChI is InChI=1S/C27H28N4O/c1-3-31-26(29-30-27(31)22-16-20-10-4-5-11-21(20)17-22)18(2)15-25(32)28-24-14-8-12-19-9-6-7-13-23(19)24/h4-14,18,22H,3,15-17H2,1-2H3,(H,28,32)/t18-/m1/s1. The Morgan fingerprint density at radius 1 is 1.00 bits per heavy atom. The minimum Gasteiger partial charge on any atom is -0.325 e. The fourth-order valence-electron chi connectivity index (χ4n) is 4.96. The molecule has 5 heteroatoms. The number of nitrogens with zero attached hydrogens (tertiary/aromatic N) is 3. The lowest BCUT2D eigenvalue weighted by Crippen LogP contribution is -2.18. The van der Waals surface area contributed by atoms with Gasteiger partial charge in [0.2, 0.25) is 5.91 Å². The summed E-state index contributed by atoms with van der Waals surface area (Å²) in [4.78, 5) is 12.9. The molecule has 0 saturated carbocycles. The van der Waals surface area contributed by atoms with E-state index in [1.165, 1.54) is 11.1 Å². The molecule has 1 heterocycles. The molecule has 32 heavy (non-hydrogen) atoms. The highest BCUT2D eigenvalue weighted by Gasteiger charge is 2.29. The quantitative estimate of drug-likeness (QED) is 0.447. The number of rotatable bonds is 6. The number of fused-ring (bicyclic) bond motifs is 2. The van der Waals surface area contributed by atoms with Crippen molar-refractivity contribution in [3.63, 3.8) is 0 Å². The van der Waals surface area contributed by atoms with Gasteiger partial charge in [-0.25, -0.2) is 0 Å². The summed E-state index contributed by atoms with van der Waals surface area (Å²) < 4.78 is 2.21. The van der Waals surface area contributed by atoms with Gasteiger partial charge in [0.1, 0.15) is 11.6 Å². The first-order valence-corrected chi connectivity index (χ1v) is 11.4. The second kappa shape index (κ2) is 8.58. The number of hydrogen-bond acceptors (Lipinski definition) is 3. The van der Waals surface area contributed by atoms with Crippen molar-refractivity contribution in [2.45, 2.75) is 51.5 Å². The number of benzene rings is 3. The maximum atomic E-state index is 12.9. The first-order chi connectivity index (χ1) is 15.6. The number of carbonyl (C=O) groups is 1. The van der Waals surface area contributed by atoms with E-state index in [2.05, 4.69) is 70.3 Å². The highest BCUT2D eigenvalue weighted by atomic mass is 16.1. The van der Waals surface area contributed by atoms with Crippen LogP contribution in [-0.2, 0) is 24.2 Å². The Morgan fingerprint density at radius 2 is 1.69 bits per heavy atom. The molecular formula is C27H28N4O. The minimum atomic E-state index is -0.0186. The van der Waals surface area contributed by atoms with Crippen molar-refractivity contribution < 1.29 is 4.79 Å². The molecule has 1 aliphatic rings. The van der Waals surface area contributed by atoms with Gasteiger partial charge in [-0.1, -0.05) is 67.6 Å². The van der Waals surface area contributed by atoms with Gasteiger partial charge in [-0.15, -0.1) is 10.2 Å². The van der Waals surface area contributed by atoms with Crippen molar-refractivity contribution in [2.24, 2.45) is 0 Å². The van der Waals surface area contributed by atoms with Gasteiger partial charge >= 0.3 is 0 Å². The van der Waals surface area contributed by atoms with E-state index < -0.39 is 0 Å². The predicted molar refractivity (Wildman–Crippen MR) is 128 cm³/mol. The van der Waals surface area contributed by atoms with Crippen LogP contribution in [0.5, 0.6) is 0 Å². The Balaban J connectivity index is 1.31. The topological polar surface area (TPSA) is 59.8 Å². The van der Waals surface area contributed by atoms with Crippen LogP contribution >= 0.6 is 0 Å². The average molecular weight is 425 g/mol. The number of anilines is 1. The Morgan fingerprint density at radius 3 is 2.44 bits per heavy atom. The lowest BCUT2D eigenvalue weighted by atomic mass is 10.0. The molecule has 4 aromatic rings. The smallest absolute Gasteiger partial charge is 0.225 e. The highest BCUT2D eigenvalue weighted by molar-refractivity contribution is 6.02. The highest BCUT2D eigenvalue weighted by Crippen LogP contribution is 2.34. The molecule has 5 rings (SSSR count). The fourth-order valence-corrected chi connectivity index (χ4v) is 4.96. The summed E-state index contributed by atoms with van der Waals surface area (Å²) in [6, 6.07) is 22.7. The van der Waals surface area contributed by atoms with E-state index >= 15 is 0 Å². The first-order valence-electron chi connectivity index (χ1n) is 11.4. The predicted octanol–water partition coefficient (Wildman–Crippen LogP) is 5.47. The van der Waals surface area contributed by atoms with Gasteiger partial charge in [0.15, 0.2) is 0 Å². The summed E-state index contributed by atoms with van der Waals surface area (Å²) in [5, 5.41) is 14.4. The Bertz CT molecular complexity index is 1250. The molecule has 3 aromatic carbocycles. The van der Waals surface area contributed by atoms with Gasteiger partial charge in [0.25, 0.3) is 0 Å². The van der Waals surface area contributed by atoms with Gasteiger partial charge in [0, 0.05) is 35.9 Å². The number of hydrogen-bond donors (Lipinski definition) is 1. The number of nitrogens with one attached hydrogen (secondary N) is 1. The molecule has 1 atom stereocenters. The van der Waals surface area contributed by atoms with Crippen molar-refractivity contribution >= 4 is 22.4 Å². The van der Waals surface area contributed by atoms with Crippen LogP contribution in [0.1, 0.15) is 54.9 Å². The number of amides is 1. The lowest BCUT2D eigenvalue weighted by molar-refractivity contribution is -0.116. The van der Waals surface area contributed by atoms with E-state index in [0.29, 0.717) is 12.3 Å². The van der Waals surface area contributed by atoms with Crippen molar-refractivity contribution in [1.29, 1.82) is 0 Å². The normalized spacial score (nSPS) is 14.4. The average Bonchev–Trinajstić information content (AvgIpc) is 3.43. The zero-order chi connectivity index (χ0) is 22.1. The van der Waals surface area contributed by atoms with E-state index in [1.54, 1.807) is 0 Å². The van der Waals surface area contributed by atoms with Crippen LogP contribution in [0.15, 0.2) is 66.7 Å². The number of aromatic nitrogens is 3. The Labute approximate surface area is 188 Å². The van der Waals surface area contributed by atoms with Gasteiger partial charge in [-0.05, 0) is 42.3 Å². The summed E-state index contributed by atoms with van der Waals surface area (Å²) >= 11 is 0. The maximum Gasteiger partial charge on any atom is 0.225 e. The van der Waals surface area contributed by atoms with Gasteiger partial charge < -0.3 is 9.88 Å². The third-order valence-electron chi connectivity index (χ3n) is 6.54. The third kappa shape index (κ3) is 3.79. The molecule has 1 N–H and O–H groups in total. The van der Waals surface area contributed by atoms with E-state index in [1.807, 2.05) is 30.3 Å². The van der Waals surface area contributed by atoms with Crippen molar-refractivity contribution in [1.82, 2.24) is 14.8 Å². The Kier molecular flexibility index (Phi) is 5.48. The second-order valence-electron chi connectivity index (χ2n) is 8.71. The van der Waals surface area contributed by atoms with E-state index in [9.17, 15) is 4.79 Å². The summed E-state index contributed by atoms with van der Waals surface area (Å²) in [7, 11) is 0. The van der Waals surface area contributed by atoms with E-state index in [0.717, 1.165) is 47.5 Å². The zero-order valence-electron chi connectivity index (χ0n) is 18.6. The van der Waals surface area contributed by atoms with E-state index in [-0.39, 0.29) is 11.8 Å².